The molecule has 0 heterocycles. The Bertz CT molecular complexity index is 445. The first-order valence-corrected chi connectivity index (χ1v) is 5.06. The van der Waals surface area contributed by atoms with Crippen LogP contribution < -0.4 is 9.75 Å². The fourth-order valence-electron chi connectivity index (χ4n) is 1.37. The summed E-state index contributed by atoms with van der Waals surface area (Å²) in [5.41, 5.74) is 7.91. The van der Waals surface area contributed by atoms with Gasteiger partial charge in [0.2, 0.25) is 0 Å². The van der Waals surface area contributed by atoms with Gasteiger partial charge in [-0.15, -0.1) is 0 Å². The number of rotatable bonds is 5. The molecular formula is C11H14N4O2. The maximum Gasteiger partial charge on any atom is 0.153 e. The Morgan fingerprint density at radius 3 is 2.76 bits per heavy atom. The molecular weight excluding hydrogens is 220 g/mol. The first-order valence-electron chi connectivity index (χ1n) is 5.06. The van der Waals surface area contributed by atoms with Crippen LogP contribution in [0, 0.1) is 10.9 Å². The van der Waals surface area contributed by atoms with E-state index in [4.69, 9.17) is 15.7 Å². The SMILES string of the molecule is CCC(=N)N(N=N)c1ccc(OC)c(C=O)c1. The largest absolute Gasteiger partial charge is 0.496 e. The van der Waals surface area contributed by atoms with Crippen LogP contribution in [0.2, 0.25) is 0 Å². The molecule has 0 aliphatic carbocycles. The second-order valence-electron chi connectivity index (χ2n) is 3.26. The monoisotopic (exact) mass is 234 g/mol. The van der Waals surface area contributed by atoms with Gasteiger partial charge < -0.3 is 4.74 Å². The molecule has 0 saturated heterocycles. The lowest BCUT2D eigenvalue weighted by atomic mass is 10.2. The van der Waals surface area contributed by atoms with Crippen LogP contribution in [0.1, 0.15) is 23.7 Å². The van der Waals surface area contributed by atoms with Gasteiger partial charge in [0, 0.05) is 6.42 Å². The second kappa shape index (κ2) is 5.74. The van der Waals surface area contributed by atoms with Crippen molar-refractivity contribution in [2.75, 3.05) is 12.1 Å². The molecule has 0 aromatic heterocycles. The number of aldehydes is 1. The van der Waals surface area contributed by atoms with Gasteiger partial charge in [-0.05, 0) is 18.2 Å². The third kappa shape index (κ3) is 2.66. The lowest BCUT2D eigenvalue weighted by molar-refractivity contribution is 0.112. The van der Waals surface area contributed by atoms with Crippen LogP contribution in [0.5, 0.6) is 5.75 Å². The summed E-state index contributed by atoms with van der Waals surface area (Å²) in [5.74, 6) is 0.638. The number of amidine groups is 1. The van der Waals surface area contributed by atoms with Gasteiger partial charge in [0.25, 0.3) is 0 Å². The zero-order valence-corrected chi connectivity index (χ0v) is 9.73. The predicted octanol–water partition coefficient (Wildman–Crippen LogP) is 2.65. The Hall–Kier alpha value is -2.24. The smallest absolute Gasteiger partial charge is 0.153 e. The minimum absolute atomic E-state index is 0.182. The van der Waals surface area contributed by atoms with Crippen LogP contribution in [-0.2, 0) is 0 Å². The Kier molecular flexibility index (Phi) is 4.33. The number of carbonyl (C=O) groups excluding carboxylic acids is 1. The highest BCUT2D eigenvalue weighted by Gasteiger charge is 2.12. The van der Waals surface area contributed by atoms with Crippen molar-refractivity contribution >= 4 is 17.8 Å². The second-order valence-corrected chi connectivity index (χ2v) is 3.26. The summed E-state index contributed by atoms with van der Waals surface area (Å²) in [7, 11) is 1.47. The summed E-state index contributed by atoms with van der Waals surface area (Å²) in [6.07, 6.45) is 1.12. The quantitative estimate of drug-likeness (QED) is 0.270. The van der Waals surface area contributed by atoms with E-state index < -0.39 is 0 Å². The highest BCUT2D eigenvalue weighted by atomic mass is 16.5. The fraction of sp³-hybridized carbons (Fsp3) is 0.273. The van der Waals surface area contributed by atoms with E-state index in [9.17, 15) is 4.79 Å². The maximum atomic E-state index is 10.9. The maximum absolute atomic E-state index is 10.9. The minimum Gasteiger partial charge on any atom is -0.496 e. The zero-order chi connectivity index (χ0) is 12.8. The Labute approximate surface area is 99.2 Å². The number of hydrogen-bond acceptors (Lipinski definition) is 5. The van der Waals surface area contributed by atoms with Crippen molar-refractivity contribution in [3.63, 3.8) is 0 Å². The van der Waals surface area contributed by atoms with Gasteiger partial charge in [0.1, 0.15) is 11.6 Å². The van der Waals surface area contributed by atoms with Crippen LogP contribution in [0.25, 0.3) is 0 Å². The molecule has 0 radical (unpaired) electrons. The molecule has 6 heteroatoms. The first-order chi connectivity index (χ1) is 8.17. The van der Waals surface area contributed by atoms with E-state index in [1.807, 2.05) is 0 Å². The number of methoxy groups -OCH3 is 1. The summed E-state index contributed by atoms with van der Waals surface area (Å²) in [5, 5.41) is 12.1. The highest BCUT2D eigenvalue weighted by Crippen LogP contribution is 2.24. The molecule has 0 fully saturated rings. The number of nitrogens with zero attached hydrogens (tertiary/aromatic N) is 2. The molecule has 0 atom stereocenters. The van der Waals surface area contributed by atoms with Crippen molar-refractivity contribution in [3.05, 3.63) is 23.8 Å². The number of hydrogen-bond donors (Lipinski definition) is 2. The number of anilines is 1. The number of nitrogens with one attached hydrogen (secondary N) is 2. The van der Waals surface area contributed by atoms with E-state index >= 15 is 0 Å². The summed E-state index contributed by atoms with van der Waals surface area (Å²) < 4.78 is 5.01. The van der Waals surface area contributed by atoms with Gasteiger partial charge in [-0.2, -0.15) is 5.53 Å². The Morgan fingerprint density at radius 2 is 2.29 bits per heavy atom. The summed E-state index contributed by atoms with van der Waals surface area (Å²) >= 11 is 0. The minimum atomic E-state index is 0.182. The molecule has 0 spiro atoms. The molecule has 1 aromatic rings. The third-order valence-corrected chi connectivity index (χ3v) is 2.28. The van der Waals surface area contributed by atoms with Gasteiger partial charge in [0.05, 0.1) is 18.4 Å². The van der Waals surface area contributed by atoms with Gasteiger partial charge in [-0.3, -0.25) is 10.2 Å². The number of benzene rings is 1. The van der Waals surface area contributed by atoms with E-state index in [1.54, 1.807) is 19.1 Å². The molecule has 2 N–H and O–H groups in total. The van der Waals surface area contributed by atoms with Crippen molar-refractivity contribution in [1.29, 1.82) is 10.9 Å². The average Bonchev–Trinajstić information content (AvgIpc) is 2.38. The Morgan fingerprint density at radius 1 is 1.59 bits per heavy atom. The van der Waals surface area contributed by atoms with Gasteiger partial charge >= 0.3 is 0 Å². The summed E-state index contributed by atoms with van der Waals surface area (Å²) in [6, 6.07) is 4.79. The highest BCUT2D eigenvalue weighted by molar-refractivity contribution is 5.95. The standard InChI is InChI=1S/C11H14N4O2/c1-3-11(12)15(14-13)9-4-5-10(17-2)8(6-9)7-16/h4-7,12-13H,3H2,1-2H3. The molecule has 0 aliphatic rings. The zero-order valence-electron chi connectivity index (χ0n) is 9.73. The molecule has 1 rings (SSSR count). The van der Waals surface area contributed by atoms with Crippen molar-refractivity contribution < 1.29 is 9.53 Å². The molecule has 0 unspecified atom stereocenters. The van der Waals surface area contributed by atoms with Crippen molar-refractivity contribution in [1.82, 2.24) is 0 Å². The van der Waals surface area contributed by atoms with Gasteiger partial charge in [-0.1, -0.05) is 12.1 Å². The number of carbonyl (C=O) groups is 1. The molecule has 0 amide bonds. The lowest BCUT2D eigenvalue weighted by Gasteiger charge is -2.17. The summed E-state index contributed by atoms with van der Waals surface area (Å²) in [4.78, 5) is 10.9. The van der Waals surface area contributed by atoms with Gasteiger partial charge in [0.15, 0.2) is 6.29 Å². The molecule has 6 nitrogen and oxygen atoms in total. The van der Waals surface area contributed by atoms with Gasteiger partial charge in [-0.25, -0.2) is 5.01 Å². The molecule has 17 heavy (non-hydrogen) atoms. The van der Waals surface area contributed by atoms with Crippen LogP contribution in [-0.4, -0.2) is 19.2 Å². The molecule has 90 valence electrons. The molecule has 0 aliphatic heterocycles. The molecule has 1 aromatic carbocycles. The van der Waals surface area contributed by atoms with Crippen LogP contribution in [0.4, 0.5) is 5.69 Å². The molecule has 0 saturated carbocycles. The van der Waals surface area contributed by atoms with E-state index in [-0.39, 0.29) is 5.84 Å². The first kappa shape index (κ1) is 12.8. The topological polar surface area (TPSA) is 89.6 Å². The average molecular weight is 234 g/mol. The van der Waals surface area contributed by atoms with Crippen molar-refractivity contribution in [2.45, 2.75) is 13.3 Å². The van der Waals surface area contributed by atoms with E-state index in [0.717, 1.165) is 5.01 Å². The van der Waals surface area contributed by atoms with E-state index in [0.29, 0.717) is 29.7 Å². The summed E-state index contributed by atoms with van der Waals surface area (Å²) in [6.45, 7) is 1.80. The van der Waals surface area contributed by atoms with E-state index in [1.165, 1.54) is 13.2 Å². The van der Waals surface area contributed by atoms with Crippen molar-refractivity contribution in [2.24, 2.45) is 5.22 Å². The lowest BCUT2D eigenvalue weighted by Crippen LogP contribution is -2.23. The van der Waals surface area contributed by atoms with E-state index in [2.05, 4.69) is 5.22 Å². The fourth-order valence-corrected chi connectivity index (χ4v) is 1.37. The van der Waals surface area contributed by atoms with Crippen molar-refractivity contribution in [3.8, 4) is 5.75 Å². The third-order valence-electron chi connectivity index (χ3n) is 2.28. The van der Waals surface area contributed by atoms with Crippen LogP contribution in [0.3, 0.4) is 0 Å². The predicted molar refractivity (Wildman–Crippen MR) is 64.0 cm³/mol. The van der Waals surface area contributed by atoms with Crippen LogP contribution >= 0.6 is 0 Å². The molecule has 0 bridgehead atoms. The normalized spacial score (nSPS) is 9.53. The van der Waals surface area contributed by atoms with Crippen LogP contribution in [0.15, 0.2) is 23.4 Å². The number of ether oxygens (including phenoxy) is 1. The Balaban J connectivity index is 3.17.